The molecule has 0 unspecified atom stereocenters. The van der Waals surface area contributed by atoms with Gasteiger partial charge in [0.15, 0.2) is 5.11 Å². The molecule has 2 aromatic carbocycles. The van der Waals surface area contributed by atoms with E-state index in [2.05, 4.69) is 46.7 Å². The molecule has 0 aromatic heterocycles. The highest BCUT2D eigenvalue weighted by atomic mass is 32.2. The number of thiocarbonyl (C=S) groups is 1. The van der Waals surface area contributed by atoms with Crippen LogP contribution < -0.4 is 19.8 Å². The van der Waals surface area contributed by atoms with Gasteiger partial charge in [0.05, 0.1) is 18.0 Å². The second kappa shape index (κ2) is 9.66. The molecule has 0 aliphatic carbocycles. The van der Waals surface area contributed by atoms with Gasteiger partial charge in [-0.05, 0) is 74.3 Å². The molecule has 0 bridgehead atoms. The minimum atomic E-state index is -3.31. The van der Waals surface area contributed by atoms with Crippen molar-refractivity contribution >= 4 is 44.4 Å². The van der Waals surface area contributed by atoms with Crippen LogP contribution in [0.25, 0.3) is 0 Å². The smallest absolute Gasteiger partial charge is 0.231 e. The van der Waals surface area contributed by atoms with E-state index in [1.165, 1.54) is 42.6 Å². The number of rotatable bonds is 6. The van der Waals surface area contributed by atoms with Crippen molar-refractivity contribution < 1.29 is 8.42 Å². The Morgan fingerprint density at radius 3 is 2.40 bits per heavy atom. The maximum atomic E-state index is 11.8. The summed E-state index contributed by atoms with van der Waals surface area (Å²) in [6.07, 6.45) is 5.03. The van der Waals surface area contributed by atoms with Crippen molar-refractivity contribution in [2.24, 2.45) is 0 Å². The van der Waals surface area contributed by atoms with Crippen LogP contribution in [-0.2, 0) is 10.0 Å². The summed E-state index contributed by atoms with van der Waals surface area (Å²) in [5, 5.41) is 6.93. The van der Waals surface area contributed by atoms with Crippen molar-refractivity contribution in [3.63, 3.8) is 0 Å². The highest BCUT2D eigenvalue weighted by Crippen LogP contribution is 2.23. The summed E-state index contributed by atoms with van der Waals surface area (Å²) in [5.74, 6) is 0. The van der Waals surface area contributed by atoms with Gasteiger partial charge in [-0.1, -0.05) is 18.2 Å². The van der Waals surface area contributed by atoms with Crippen LogP contribution in [0.1, 0.15) is 37.8 Å². The van der Waals surface area contributed by atoms with E-state index in [0.717, 1.165) is 24.3 Å². The molecule has 1 fully saturated rings. The van der Waals surface area contributed by atoms with Gasteiger partial charge in [-0.15, -0.1) is 0 Å². The number of piperidine rings is 1. The summed E-state index contributed by atoms with van der Waals surface area (Å²) < 4.78 is 24.8. The summed E-state index contributed by atoms with van der Waals surface area (Å²) in [6, 6.07) is 15.8. The molecule has 0 spiro atoms. The Labute approximate surface area is 185 Å². The lowest BCUT2D eigenvalue weighted by Crippen LogP contribution is -2.31. The average Bonchev–Trinajstić information content (AvgIpc) is 2.73. The molecule has 1 aliphatic heterocycles. The van der Waals surface area contributed by atoms with Gasteiger partial charge in [0.2, 0.25) is 10.0 Å². The van der Waals surface area contributed by atoms with E-state index in [1.807, 2.05) is 6.07 Å². The van der Waals surface area contributed by atoms with Crippen LogP contribution in [0.3, 0.4) is 0 Å². The first-order chi connectivity index (χ1) is 14.2. The van der Waals surface area contributed by atoms with Gasteiger partial charge < -0.3 is 15.5 Å². The Balaban J connectivity index is 1.59. The lowest BCUT2D eigenvalue weighted by Gasteiger charge is -2.29. The number of nitrogens with zero attached hydrogens (tertiary/aromatic N) is 2. The third kappa shape index (κ3) is 5.86. The summed E-state index contributed by atoms with van der Waals surface area (Å²) >= 11 is 5.46. The zero-order valence-corrected chi connectivity index (χ0v) is 19.4. The van der Waals surface area contributed by atoms with Crippen LogP contribution in [0, 0.1) is 0 Å². The number of nitrogens with one attached hydrogen (secondary N) is 2. The van der Waals surface area contributed by atoms with Gasteiger partial charge in [-0.2, -0.15) is 0 Å². The zero-order valence-electron chi connectivity index (χ0n) is 17.8. The van der Waals surface area contributed by atoms with Gasteiger partial charge in [-0.3, -0.25) is 4.31 Å². The van der Waals surface area contributed by atoms with Crippen LogP contribution >= 0.6 is 12.2 Å². The molecular formula is C22H30N4O2S2. The molecule has 162 valence electrons. The summed E-state index contributed by atoms with van der Waals surface area (Å²) in [5.41, 5.74) is 3.74. The second-order valence-electron chi connectivity index (χ2n) is 7.74. The van der Waals surface area contributed by atoms with E-state index in [-0.39, 0.29) is 6.04 Å². The van der Waals surface area contributed by atoms with E-state index in [4.69, 9.17) is 12.2 Å². The maximum absolute atomic E-state index is 11.8. The molecule has 0 radical (unpaired) electrons. The van der Waals surface area contributed by atoms with E-state index < -0.39 is 10.0 Å². The fraction of sp³-hybridized carbons (Fsp3) is 0.409. The van der Waals surface area contributed by atoms with Crippen molar-refractivity contribution in [2.45, 2.75) is 32.2 Å². The Morgan fingerprint density at radius 2 is 1.77 bits per heavy atom. The third-order valence-corrected chi connectivity index (χ3v) is 6.85. The number of hydrogen-bond acceptors (Lipinski definition) is 4. The summed E-state index contributed by atoms with van der Waals surface area (Å²) in [4.78, 5) is 2.44. The van der Waals surface area contributed by atoms with Crippen molar-refractivity contribution in [1.29, 1.82) is 0 Å². The molecule has 0 saturated carbocycles. The lowest BCUT2D eigenvalue weighted by molar-refractivity contribution is 0.577. The van der Waals surface area contributed by atoms with Crippen molar-refractivity contribution in [3.05, 3.63) is 54.1 Å². The van der Waals surface area contributed by atoms with E-state index in [1.54, 1.807) is 18.2 Å². The van der Waals surface area contributed by atoms with E-state index in [9.17, 15) is 8.42 Å². The van der Waals surface area contributed by atoms with E-state index in [0.29, 0.717) is 10.8 Å². The van der Waals surface area contributed by atoms with Gasteiger partial charge in [0.25, 0.3) is 0 Å². The first-order valence-electron chi connectivity index (χ1n) is 10.2. The topological polar surface area (TPSA) is 64.7 Å². The predicted octanol–water partition coefficient (Wildman–Crippen LogP) is 4.12. The molecule has 0 amide bonds. The molecule has 2 N–H and O–H groups in total. The Kier molecular flexibility index (Phi) is 7.20. The van der Waals surface area contributed by atoms with Gasteiger partial charge in [0.1, 0.15) is 0 Å². The number of benzene rings is 2. The molecule has 1 aliphatic rings. The monoisotopic (exact) mass is 446 g/mol. The molecule has 1 heterocycles. The first kappa shape index (κ1) is 22.4. The minimum absolute atomic E-state index is 0.0438. The zero-order chi connectivity index (χ0) is 21.7. The highest BCUT2D eigenvalue weighted by Gasteiger charge is 2.14. The molecule has 8 heteroatoms. The predicted molar refractivity (Wildman–Crippen MR) is 130 cm³/mol. The standard InChI is InChI=1S/C22H30N4O2S2/c1-17(18-10-12-20(13-11-18)26-14-5-4-6-15-26)23-22(29)24-19-8-7-9-21(16-19)25(2)30(3,27)28/h7-13,16-17H,4-6,14-15H2,1-3H3,(H2,23,24,29)/t17-/m0/s1. The number of sulfonamides is 1. The first-order valence-corrected chi connectivity index (χ1v) is 12.5. The summed E-state index contributed by atoms with van der Waals surface area (Å²) in [7, 11) is -1.79. The fourth-order valence-electron chi connectivity index (χ4n) is 3.54. The van der Waals surface area contributed by atoms with Crippen LogP contribution in [0.15, 0.2) is 48.5 Å². The van der Waals surface area contributed by atoms with Crippen LogP contribution in [0.2, 0.25) is 0 Å². The Hall–Kier alpha value is -2.32. The molecule has 1 saturated heterocycles. The van der Waals surface area contributed by atoms with Gasteiger partial charge in [0, 0.05) is 31.5 Å². The van der Waals surface area contributed by atoms with Gasteiger partial charge >= 0.3 is 0 Å². The quantitative estimate of drug-likeness (QED) is 0.651. The fourth-order valence-corrected chi connectivity index (χ4v) is 4.34. The maximum Gasteiger partial charge on any atom is 0.231 e. The van der Waals surface area contributed by atoms with Crippen molar-refractivity contribution in [1.82, 2.24) is 5.32 Å². The van der Waals surface area contributed by atoms with Crippen LogP contribution in [-0.4, -0.2) is 39.9 Å². The van der Waals surface area contributed by atoms with Gasteiger partial charge in [-0.25, -0.2) is 8.42 Å². The normalized spacial score (nSPS) is 15.4. The Morgan fingerprint density at radius 1 is 1.10 bits per heavy atom. The SMILES string of the molecule is C[C@H](NC(=S)Nc1cccc(N(C)S(C)(=O)=O)c1)c1ccc(N2CCCCC2)cc1. The third-order valence-electron chi connectivity index (χ3n) is 5.43. The Bertz CT molecular complexity index is 971. The second-order valence-corrected chi connectivity index (χ2v) is 10.2. The summed E-state index contributed by atoms with van der Waals surface area (Å²) in [6.45, 7) is 4.33. The number of anilines is 3. The highest BCUT2D eigenvalue weighted by molar-refractivity contribution is 7.92. The van der Waals surface area contributed by atoms with Crippen LogP contribution in [0.5, 0.6) is 0 Å². The minimum Gasteiger partial charge on any atom is -0.372 e. The molecule has 3 rings (SSSR count). The lowest BCUT2D eigenvalue weighted by atomic mass is 10.1. The van der Waals surface area contributed by atoms with Crippen LogP contribution in [0.4, 0.5) is 17.1 Å². The van der Waals surface area contributed by atoms with E-state index >= 15 is 0 Å². The number of hydrogen-bond donors (Lipinski definition) is 2. The average molecular weight is 447 g/mol. The molecule has 1 atom stereocenters. The molecule has 6 nitrogen and oxygen atoms in total. The molecular weight excluding hydrogens is 416 g/mol. The largest absolute Gasteiger partial charge is 0.372 e. The van der Waals surface area contributed by atoms with Crippen molar-refractivity contribution in [3.8, 4) is 0 Å². The molecule has 30 heavy (non-hydrogen) atoms. The molecule has 2 aromatic rings. The van der Waals surface area contributed by atoms with Crippen molar-refractivity contribution in [2.75, 3.05) is 40.9 Å².